The molecule has 3 aromatic rings. The van der Waals surface area contributed by atoms with E-state index >= 15 is 0 Å². The minimum atomic E-state index is -0.506. The third-order valence-corrected chi connectivity index (χ3v) is 3.59. The molecule has 0 aliphatic heterocycles. The van der Waals surface area contributed by atoms with Crippen molar-refractivity contribution in [2.24, 2.45) is 0 Å². The molecule has 6 heteroatoms. The maximum atomic E-state index is 13.7. The Morgan fingerprint density at radius 1 is 1.20 bits per heavy atom. The number of fused-ring (bicyclic) bond motifs is 1. The van der Waals surface area contributed by atoms with Gasteiger partial charge in [-0.1, -0.05) is 6.07 Å². The normalized spacial score (nSPS) is 10.9. The van der Waals surface area contributed by atoms with Crippen molar-refractivity contribution >= 4 is 27.1 Å². The standard InChI is InChI=1S/C14H10BrF2N3/c15-10-5-12(17)13(6-11(10)16)18-7-9-8-19-20-4-2-1-3-14(9)20/h1-6,8,18H,7H2. The highest BCUT2D eigenvalue weighted by Gasteiger charge is 2.09. The number of rotatable bonds is 3. The Morgan fingerprint density at radius 3 is 2.90 bits per heavy atom. The SMILES string of the molecule is Fc1cc(NCc2cnn3ccccc23)c(F)cc1Br. The van der Waals surface area contributed by atoms with Crippen LogP contribution in [0.1, 0.15) is 5.56 Å². The molecule has 0 fully saturated rings. The van der Waals surface area contributed by atoms with E-state index in [9.17, 15) is 8.78 Å². The van der Waals surface area contributed by atoms with Crippen LogP contribution >= 0.6 is 15.9 Å². The van der Waals surface area contributed by atoms with Gasteiger partial charge < -0.3 is 5.32 Å². The number of benzene rings is 1. The fourth-order valence-corrected chi connectivity index (χ4v) is 2.29. The van der Waals surface area contributed by atoms with Gasteiger partial charge in [0.15, 0.2) is 0 Å². The molecule has 2 heterocycles. The lowest BCUT2D eigenvalue weighted by molar-refractivity contribution is 0.596. The van der Waals surface area contributed by atoms with Crippen LogP contribution in [-0.2, 0) is 6.54 Å². The average Bonchev–Trinajstić information content (AvgIpc) is 2.85. The molecule has 3 rings (SSSR count). The third-order valence-electron chi connectivity index (χ3n) is 2.99. The van der Waals surface area contributed by atoms with Crippen LogP contribution in [0.15, 0.2) is 47.2 Å². The van der Waals surface area contributed by atoms with Gasteiger partial charge in [0.2, 0.25) is 0 Å². The Balaban J connectivity index is 1.85. The minimum absolute atomic E-state index is 0.108. The van der Waals surface area contributed by atoms with Crippen molar-refractivity contribution in [2.75, 3.05) is 5.32 Å². The van der Waals surface area contributed by atoms with E-state index in [2.05, 4.69) is 26.3 Å². The summed E-state index contributed by atoms with van der Waals surface area (Å²) in [5.41, 5.74) is 1.97. The Bertz CT molecular complexity index is 770. The minimum Gasteiger partial charge on any atom is -0.378 e. The van der Waals surface area contributed by atoms with E-state index in [1.165, 1.54) is 0 Å². The summed E-state index contributed by atoms with van der Waals surface area (Å²) < 4.78 is 28.9. The number of halogens is 3. The second-order valence-electron chi connectivity index (χ2n) is 4.30. The van der Waals surface area contributed by atoms with Crippen molar-refractivity contribution in [2.45, 2.75) is 6.54 Å². The van der Waals surface area contributed by atoms with Crippen molar-refractivity contribution in [3.63, 3.8) is 0 Å². The molecule has 102 valence electrons. The van der Waals surface area contributed by atoms with Gasteiger partial charge in [-0.15, -0.1) is 0 Å². The first kappa shape index (κ1) is 13.1. The summed E-state index contributed by atoms with van der Waals surface area (Å²) in [6.07, 6.45) is 3.54. The summed E-state index contributed by atoms with van der Waals surface area (Å²) in [5.74, 6) is -1.01. The largest absolute Gasteiger partial charge is 0.378 e. The summed E-state index contributed by atoms with van der Waals surface area (Å²) in [6, 6.07) is 7.93. The van der Waals surface area contributed by atoms with Crippen molar-refractivity contribution in [3.8, 4) is 0 Å². The summed E-state index contributed by atoms with van der Waals surface area (Å²) >= 11 is 2.95. The number of aromatic nitrogens is 2. The van der Waals surface area contributed by atoms with Gasteiger partial charge in [0.25, 0.3) is 0 Å². The first-order chi connectivity index (χ1) is 9.65. The Kier molecular flexibility index (Phi) is 3.40. The van der Waals surface area contributed by atoms with Crippen LogP contribution < -0.4 is 5.32 Å². The molecule has 0 amide bonds. The molecule has 1 aromatic carbocycles. The van der Waals surface area contributed by atoms with E-state index in [0.29, 0.717) is 6.54 Å². The molecule has 0 aliphatic carbocycles. The van der Waals surface area contributed by atoms with Crippen LogP contribution in [0.2, 0.25) is 0 Å². The third kappa shape index (κ3) is 2.38. The average molecular weight is 338 g/mol. The van der Waals surface area contributed by atoms with Crippen LogP contribution in [0.25, 0.3) is 5.52 Å². The number of anilines is 1. The molecule has 2 aromatic heterocycles. The van der Waals surface area contributed by atoms with Crippen molar-refractivity contribution in [3.05, 3.63) is 64.4 Å². The molecule has 1 N–H and O–H groups in total. The zero-order valence-corrected chi connectivity index (χ0v) is 11.9. The summed E-state index contributed by atoms with van der Waals surface area (Å²) in [6.45, 7) is 0.367. The molecular weight excluding hydrogens is 328 g/mol. The lowest BCUT2D eigenvalue weighted by Gasteiger charge is -2.07. The maximum Gasteiger partial charge on any atom is 0.147 e. The summed E-state index contributed by atoms with van der Waals surface area (Å²) in [7, 11) is 0. The van der Waals surface area contributed by atoms with Crippen LogP contribution in [0.3, 0.4) is 0 Å². The van der Waals surface area contributed by atoms with Gasteiger partial charge in [-0.25, -0.2) is 13.3 Å². The summed E-state index contributed by atoms with van der Waals surface area (Å²) in [4.78, 5) is 0. The molecule has 3 nitrogen and oxygen atoms in total. The highest BCUT2D eigenvalue weighted by atomic mass is 79.9. The Morgan fingerprint density at radius 2 is 2.05 bits per heavy atom. The lowest BCUT2D eigenvalue weighted by atomic mass is 10.2. The van der Waals surface area contributed by atoms with Gasteiger partial charge >= 0.3 is 0 Å². The zero-order valence-electron chi connectivity index (χ0n) is 10.3. The monoisotopic (exact) mass is 337 g/mol. The number of pyridine rings is 1. The molecule has 0 radical (unpaired) electrons. The smallest absolute Gasteiger partial charge is 0.147 e. The number of hydrogen-bond donors (Lipinski definition) is 1. The number of hydrogen-bond acceptors (Lipinski definition) is 2. The Labute approximate surface area is 122 Å². The van der Waals surface area contributed by atoms with E-state index in [-0.39, 0.29) is 10.2 Å². The van der Waals surface area contributed by atoms with E-state index in [4.69, 9.17) is 0 Å². The molecule has 0 spiro atoms. The van der Waals surface area contributed by atoms with Gasteiger partial charge in [-0.2, -0.15) is 5.10 Å². The number of nitrogens with one attached hydrogen (secondary N) is 1. The molecule has 20 heavy (non-hydrogen) atoms. The molecule has 0 aliphatic rings. The van der Waals surface area contributed by atoms with Crippen molar-refractivity contribution in [1.82, 2.24) is 9.61 Å². The molecule has 0 bridgehead atoms. The highest BCUT2D eigenvalue weighted by Crippen LogP contribution is 2.24. The van der Waals surface area contributed by atoms with Crippen LogP contribution in [0.4, 0.5) is 14.5 Å². The molecule has 0 saturated heterocycles. The molecular formula is C14H10BrF2N3. The van der Waals surface area contributed by atoms with E-state index in [1.807, 2.05) is 24.4 Å². The first-order valence-electron chi connectivity index (χ1n) is 5.95. The van der Waals surface area contributed by atoms with E-state index in [1.54, 1.807) is 10.7 Å². The summed E-state index contributed by atoms with van der Waals surface area (Å²) in [5, 5.41) is 7.07. The van der Waals surface area contributed by atoms with Crippen molar-refractivity contribution in [1.29, 1.82) is 0 Å². The van der Waals surface area contributed by atoms with E-state index in [0.717, 1.165) is 23.2 Å². The molecule has 0 saturated carbocycles. The van der Waals surface area contributed by atoms with Gasteiger partial charge in [0, 0.05) is 24.4 Å². The van der Waals surface area contributed by atoms with Gasteiger partial charge in [0.05, 0.1) is 21.9 Å². The zero-order chi connectivity index (χ0) is 14.1. The quantitative estimate of drug-likeness (QED) is 0.732. The Hall–Kier alpha value is -1.95. The predicted octanol–water partition coefficient (Wildman–Crippen LogP) is 3.99. The highest BCUT2D eigenvalue weighted by molar-refractivity contribution is 9.10. The lowest BCUT2D eigenvalue weighted by Crippen LogP contribution is -2.02. The second-order valence-corrected chi connectivity index (χ2v) is 5.15. The number of nitrogens with zero attached hydrogens (tertiary/aromatic N) is 2. The topological polar surface area (TPSA) is 29.3 Å². The van der Waals surface area contributed by atoms with Crippen molar-refractivity contribution < 1.29 is 8.78 Å². The fourth-order valence-electron chi connectivity index (χ4n) is 1.97. The van der Waals surface area contributed by atoms with E-state index < -0.39 is 11.6 Å². The van der Waals surface area contributed by atoms with Crippen LogP contribution in [-0.4, -0.2) is 9.61 Å². The first-order valence-corrected chi connectivity index (χ1v) is 6.74. The molecule has 0 atom stereocenters. The van der Waals surface area contributed by atoms with Gasteiger partial charge in [0.1, 0.15) is 11.6 Å². The molecule has 0 unspecified atom stereocenters. The maximum absolute atomic E-state index is 13.7. The fraction of sp³-hybridized carbons (Fsp3) is 0.0714. The van der Waals surface area contributed by atoms with Crippen LogP contribution in [0, 0.1) is 11.6 Å². The van der Waals surface area contributed by atoms with Gasteiger partial charge in [-0.05, 0) is 34.1 Å². The van der Waals surface area contributed by atoms with Gasteiger partial charge in [-0.3, -0.25) is 0 Å². The second kappa shape index (κ2) is 5.20. The predicted molar refractivity (Wildman–Crippen MR) is 76.6 cm³/mol. The van der Waals surface area contributed by atoms with Crippen LogP contribution in [0.5, 0.6) is 0 Å².